The lowest BCUT2D eigenvalue weighted by Crippen LogP contribution is -2.58. The molecule has 158 valence electrons. The first-order valence-corrected chi connectivity index (χ1v) is 7.90. The van der Waals surface area contributed by atoms with E-state index in [1.54, 1.807) is 0 Å². The van der Waals surface area contributed by atoms with Crippen LogP contribution in [0.1, 0.15) is 19.8 Å². The number of nitrogens with two attached hydrogens (primary N) is 2. The summed E-state index contributed by atoms with van der Waals surface area (Å²) in [6.45, 7) is 0.561. The van der Waals surface area contributed by atoms with Crippen LogP contribution in [0.3, 0.4) is 0 Å². The van der Waals surface area contributed by atoms with Gasteiger partial charge in [-0.2, -0.15) is 0 Å². The van der Waals surface area contributed by atoms with Crippen molar-refractivity contribution in [3.8, 4) is 0 Å². The zero-order valence-electron chi connectivity index (χ0n) is 14.9. The molecule has 0 saturated carbocycles. The van der Waals surface area contributed by atoms with Crippen LogP contribution in [0.4, 0.5) is 0 Å². The highest BCUT2D eigenvalue weighted by Crippen LogP contribution is 2.01. The summed E-state index contributed by atoms with van der Waals surface area (Å²) in [5, 5.41) is 33.2. The maximum atomic E-state index is 12.3. The van der Waals surface area contributed by atoms with Crippen molar-refractivity contribution in [2.24, 2.45) is 11.5 Å². The predicted octanol–water partition coefficient (Wildman–Crippen LogP) is -4.78. The number of amides is 4. The monoisotopic (exact) mass is 405 g/mol. The molecule has 0 aliphatic carbocycles. The second-order valence-corrected chi connectivity index (χ2v) is 5.72. The van der Waals surface area contributed by atoms with Crippen LogP contribution in [-0.2, 0) is 28.8 Å². The fourth-order valence-electron chi connectivity index (χ4n) is 1.96. The second-order valence-electron chi connectivity index (χ2n) is 5.72. The predicted molar refractivity (Wildman–Crippen MR) is 90.2 cm³/mol. The van der Waals surface area contributed by atoms with E-state index in [1.807, 2.05) is 10.6 Å². The lowest BCUT2D eigenvalue weighted by molar-refractivity contribution is -0.146. The molecule has 28 heavy (non-hydrogen) atoms. The smallest absolute Gasteiger partial charge is 0.328 e. The fourth-order valence-corrected chi connectivity index (χ4v) is 1.96. The van der Waals surface area contributed by atoms with Crippen LogP contribution >= 0.6 is 0 Å². The SMILES string of the molecule is CC(O)C(NC(=O)C(CC(=O)O)NC(=O)C(CC(N)=O)NC(=O)CN)C(=O)O. The van der Waals surface area contributed by atoms with Crippen LogP contribution in [0.5, 0.6) is 0 Å². The summed E-state index contributed by atoms with van der Waals surface area (Å²) < 4.78 is 0. The summed E-state index contributed by atoms with van der Waals surface area (Å²) in [6.07, 6.45) is -3.13. The molecule has 0 heterocycles. The van der Waals surface area contributed by atoms with Crippen molar-refractivity contribution < 1.29 is 44.1 Å². The molecule has 0 spiro atoms. The molecule has 0 aromatic rings. The van der Waals surface area contributed by atoms with Gasteiger partial charge in [-0.15, -0.1) is 0 Å². The van der Waals surface area contributed by atoms with E-state index in [4.69, 9.17) is 21.7 Å². The lowest BCUT2D eigenvalue weighted by atomic mass is 10.1. The third kappa shape index (κ3) is 8.91. The minimum Gasteiger partial charge on any atom is -0.481 e. The summed E-state index contributed by atoms with van der Waals surface area (Å²) in [5.41, 5.74) is 10.1. The number of carboxylic acids is 2. The Morgan fingerprint density at radius 3 is 1.79 bits per heavy atom. The third-order valence-electron chi connectivity index (χ3n) is 3.30. The molecule has 10 N–H and O–H groups in total. The quantitative estimate of drug-likeness (QED) is 0.154. The molecule has 0 aromatic heterocycles. The Kier molecular flexibility index (Phi) is 10.1. The Bertz CT molecular complexity index is 637. The van der Waals surface area contributed by atoms with E-state index in [9.17, 15) is 33.9 Å². The van der Waals surface area contributed by atoms with Crippen molar-refractivity contribution in [1.29, 1.82) is 0 Å². The van der Waals surface area contributed by atoms with Crippen LogP contribution in [-0.4, -0.2) is 81.7 Å². The van der Waals surface area contributed by atoms with Crippen LogP contribution < -0.4 is 27.4 Å². The molecule has 4 amide bonds. The van der Waals surface area contributed by atoms with Gasteiger partial charge in [0, 0.05) is 0 Å². The molecular formula is C14H23N5O9. The molecule has 14 heteroatoms. The maximum Gasteiger partial charge on any atom is 0.328 e. The largest absolute Gasteiger partial charge is 0.481 e. The van der Waals surface area contributed by atoms with Crippen molar-refractivity contribution in [1.82, 2.24) is 16.0 Å². The van der Waals surface area contributed by atoms with Gasteiger partial charge in [0.2, 0.25) is 23.6 Å². The summed E-state index contributed by atoms with van der Waals surface area (Å²) in [6, 6.07) is -5.07. The molecular weight excluding hydrogens is 382 g/mol. The van der Waals surface area contributed by atoms with Gasteiger partial charge in [-0.3, -0.25) is 24.0 Å². The average Bonchev–Trinajstić information content (AvgIpc) is 2.56. The maximum absolute atomic E-state index is 12.3. The fraction of sp³-hybridized carbons (Fsp3) is 0.571. The number of aliphatic carboxylic acids is 2. The van der Waals surface area contributed by atoms with E-state index in [0.29, 0.717) is 0 Å². The van der Waals surface area contributed by atoms with Gasteiger partial charge in [0.1, 0.15) is 12.1 Å². The number of hydrogen-bond donors (Lipinski definition) is 8. The van der Waals surface area contributed by atoms with Gasteiger partial charge in [-0.1, -0.05) is 0 Å². The zero-order valence-corrected chi connectivity index (χ0v) is 14.9. The first-order chi connectivity index (χ1) is 12.9. The number of aliphatic hydroxyl groups is 1. The van der Waals surface area contributed by atoms with Crippen molar-refractivity contribution in [2.45, 2.75) is 44.0 Å². The first-order valence-electron chi connectivity index (χ1n) is 7.90. The zero-order chi connectivity index (χ0) is 22.0. The topological polar surface area (TPSA) is 251 Å². The van der Waals surface area contributed by atoms with Crippen LogP contribution in [0, 0.1) is 0 Å². The van der Waals surface area contributed by atoms with E-state index >= 15 is 0 Å². The molecule has 4 unspecified atom stereocenters. The van der Waals surface area contributed by atoms with E-state index < -0.39 is 79.2 Å². The Morgan fingerprint density at radius 1 is 0.893 bits per heavy atom. The normalized spacial score (nSPS) is 14.7. The number of primary amides is 1. The van der Waals surface area contributed by atoms with Crippen molar-refractivity contribution in [3.63, 3.8) is 0 Å². The standard InChI is InChI=1S/C14H23N5O9/c1-5(20)11(14(27)28)19-13(26)7(3-10(23)24)18-12(25)6(2-8(16)21)17-9(22)4-15/h5-7,11,20H,2-4,15H2,1H3,(H2,16,21)(H,17,22)(H,18,25)(H,19,26)(H,23,24)(H,27,28). The van der Waals surface area contributed by atoms with Crippen molar-refractivity contribution >= 4 is 35.6 Å². The van der Waals surface area contributed by atoms with Gasteiger partial charge < -0.3 is 42.7 Å². The number of carbonyl (C=O) groups excluding carboxylic acids is 4. The Labute approximate surface area is 158 Å². The summed E-state index contributed by atoms with van der Waals surface area (Å²) in [7, 11) is 0. The van der Waals surface area contributed by atoms with Crippen LogP contribution in [0.2, 0.25) is 0 Å². The van der Waals surface area contributed by atoms with Gasteiger partial charge >= 0.3 is 11.9 Å². The molecule has 14 nitrogen and oxygen atoms in total. The Hall–Kier alpha value is -3.26. The molecule has 0 aromatic carbocycles. The number of hydrogen-bond acceptors (Lipinski definition) is 8. The minimum atomic E-state index is -1.77. The highest BCUT2D eigenvalue weighted by Gasteiger charge is 2.32. The molecule has 0 aliphatic rings. The lowest BCUT2D eigenvalue weighted by Gasteiger charge is -2.24. The number of rotatable bonds is 12. The van der Waals surface area contributed by atoms with E-state index in [0.717, 1.165) is 6.92 Å². The highest BCUT2D eigenvalue weighted by molar-refractivity contribution is 5.96. The Balaban J connectivity index is 5.41. The number of aliphatic hydroxyl groups excluding tert-OH is 1. The molecule has 0 rings (SSSR count). The second kappa shape index (κ2) is 11.5. The molecule has 0 aliphatic heterocycles. The van der Waals surface area contributed by atoms with E-state index in [-0.39, 0.29) is 0 Å². The number of carbonyl (C=O) groups is 6. The van der Waals surface area contributed by atoms with E-state index in [1.165, 1.54) is 0 Å². The molecule has 0 bridgehead atoms. The van der Waals surface area contributed by atoms with E-state index in [2.05, 4.69) is 5.32 Å². The molecule has 0 fully saturated rings. The van der Waals surface area contributed by atoms with Gasteiger partial charge in [0.05, 0.1) is 25.5 Å². The Morgan fingerprint density at radius 2 is 1.39 bits per heavy atom. The number of nitrogens with one attached hydrogen (secondary N) is 3. The van der Waals surface area contributed by atoms with Gasteiger partial charge in [0.15, 0.2) is 6.04 Å². The van der Waals surface area contributed by atoms with Crippen molar-refractivity contribution in [3.05, 3.63) is 0 Å². The minimum absolute atomic E-state index is 0.518. The summed E-state index contributed by atoms with van der Waals surface area (Å²) in [4.78, 5) is 68.9. The van der Waals surface area contributed by atoms with Gasteiger partial charge in [-0.05, 0) is 6.92 Å². The molecule has 0 radical (unpaired) electrons. The van der Waals surface area contributed by atoms with Crippen LogP contribution in [0.25, 0.3) is 0 Å². The first kappa shape index (κ1) is 24.7. The number of carboxylic acid groups (broad SMARTS) is 2. The molecule has 4 atom stereocenters. The third-order valence-corrected chi connectivity index (χ3v) is 3.30. The van der Waals surface area contributed by atoms with Gasteiger partial charge in [0.25, 0.3) is 0 Å². The molecule has 0 saturated heterocycles. The van der Waals surface area contributed by atoms with Crippen LogP contribution in [0.15, 0.2) is 0 Å². The summed E-state index contributed by atoms with van der Waals surface area (Å²) >= 11 is 0. The summed E-state index contributed by atoms with van der Waals surface area (Å²) in [5.74, 6) is -7.23. The average molecular weight is 405 g/mol. The van der Waals surface area contributed by atoms with Gasteiger partial charge in [-0.25, -0.2) is 4.79 Å². The van der Waals surface area contributed by atoms with Crippen molar-refractivity contribution in [2.75, 3.05) is 6.54 Å². The highest BCUT2D eigenvalue weighted by atomic mass is 16.4.